The molecule has 0 radical (unpaired) electrons. The largest absolute Gasteiger partial charge is 0.494 e. The van der Waals surface area contributed by atoms with Crippen LogP contribution in [0.3, 0.4) is 0 Å². The fourth-order valence-electron chi connectivity index (χ4n) is 1.46. The second kappa shape index (κ2) is 7.01. The van der Waals surface area contributed by atoms with Crippen LogP contribution in [0, 0.1) is 6.92 Å². The fourth-order valence-corrected chi connectivity index (χ4v) is 1.46. The highest BCUT2D eigenvalue weighted by molar-refractivity contribution is 5.92. The maximum atomic E-state index is 11.6. The molecule has 0 atom stereocenters. The molecule has 0 saturated heterocycles. The van der Waals surface area contributed by atoms with E-state index < -0.39 is 0 Å². The Labute approximate surface area is 108 Å². The monoisotopic (exact) mass is 251 g/mol. The van der Waals surface area contributed by atoms with Crippen molar-refractivity contribution in [1.29, 1.82) is 0 Å². The lowest BCUT2D eigenvalue weighted by molar-refractivity contribution is -0.121. The van der Waals surface area contributed by atoms with Crippen molar-refractivity contribution in [3.63, 3.8) is 0 Å². The summed E-state index contributed by atoms with van der Waals surface area (Å²) < 4.78 is 10.6. The minimum absolute atomic E-state index is 0.0529. The van der Waals surface area contributed by atoms with Crippen molar-refractivity contribution in [3.05, 3.63) is 23.8 Å². The van der Waals surface area contributed by atoms with E-state index in [0.29, 0.717) is 6.61 Å². The molecule has 100 valence electrons. The maximum Gasteiger partial charge on any atom is 0.250 e. The van der Waals surface area contributed by atoms with Crippen LogP contribution in [0.4, 0.5) is 5.69 Å². The molecule has 0 spiro atoms. The molecule has 0 heterocycles. The van der Waals surface area contributed by atoms with Gasteiger partial charge in [0.05, 0.1) is 12.7 Å². The summed E-state index contributed by atoms with van der Waals surface area (Å²) in [6.45, 7) is 8.37. The molecule has 0 aliphatic carbocycles. The normalized spacial score (nSPS) is 10.5. The number of ether oxygens (including phenoxy) is 2. The summed E-state index contributed by atoms with van der Waals surface area (Å²) >= 11 is 0. The van der Waals surface area contributed by atoms with Gasteiger partial charge in [-0.15, -0.1) is 0 Å². The van der Waals surface area contributed by atoms with Crippen LogP contribution in [-0.2, 0) is 9.53 Å². The van der Waals surface area contributed by atoms with Gasteiger partial charge in [0.25, 0.3) is 0 Å². The van der Waals surface area contributed by atoms with E-state index in [0.717, 1.165) is 17.0 Å². The Bertz CT molecular complexity index is 402. The zero-order valence-electron chi connectivity index (χ0n) is 11.4. The molecule has 4 nitrogen and oxygen atoms in total. The number of benzene rings is 1. The average molecular weight is 251 g/mol. The van der Waals surface area contributed by atoms with Crippen molar-refractivity contribution < 1.29 is 14.3 Å². The highest BCUT2D eigenvalue weighted by atomic mass is 16.5. The van der Waals surface area contributed by atoms with Gasteiger partial charge in [-0.05, 0) is 51.5 Å². The van der Waals surface area contributed by atoms with Crippen LogP contribution in [0.15, 0.2) is 18.2 Å². The summed E-state index contributed by atoms with van der Waals surface area (Å²) in [5.74, 6) is 0.669. The van der Waals surface area contributed by atoms with Gasteiger partial charge in [0.1, 0.15) is 12.4 Å². The second-order valence-corrected chi connectivity index (χ2v) is 4.32. The molecule has 1 aromatic carbocycles. The lowest BCUT2D eigenvalue weighted by Gasteiger charge is -2.11. The highest BCUT2D eigenvalue weighted by Crippen LogP contribution is 2.21. The molecule has 0 saturated carbocycles. The van der Waals surface area contributed by atoms with Crippen molar-refractivity contribution in [2.24, 2.45) is 0 Å². The van der Waals surface area contributed by atoms with Crippen LogP contribution < -0.4 is 10.1 Å². The molecule has 0 aliphatic rings. The summed E-state index contributed by atoms with van der Waals surface area (Å²) in [4.78, 5) is 11.6. The van der Waals surface area contributed by atoms with Crippen LogP contribution >= 0.6 is 0 Å². The molecule has 18 heavy (non-hydrogen) atoms. The first-order chi connectivity index (χ1) is 8.52. The van der Waals surface area contributed by atoms with E-state index in [1.54, 1.807) is 0 Å². The van der Waals surface area contributed by atoms with E-state index in [1.807, 2.05) is 45.9 Å². The molecule has 0 bridgehead atoms. The number of amides is 1. The summed E-state index contributed by atoms with van der Waals surface area (Å²) in [7, 11) is 0. The molecule has 4 heteroatoms. The molecule has 1 N–H and O–H groups in total. The Balaban J connectivity index is 2.59. The highest BCUT2D eigenvalue weighted by Gasteiger charge is 2.06. The quantitative estimate of drug-likeness (QED) is 0.845. The molecular weight excluding hydrogens is 230 g/mol. The van der Waals surface area contributed by atoms with Gasteiger partial charge >= 0.3 is 0 Å². The molecule has 0 unspecified atom stereocenters. The Morgan fingerprint density at radius 1 is 1.39 bits per heavy atom. The van der Waals surface area contributed by atoms with Crippen LogP contribution in [-0.4, -0.2) is 25.2 Å². The first-order valence-corrected chi connectivity index (χ1v) is 6.17. The summed E-state index contributed by atoms with van der Waals surface area (Å²) in [6.07, 6.45) is 0.0529. The predicted molar refractivity (Wildman–Crippen MR) is 72.1 cm³/mol. The smallest absolute Gasteiger partial charge is 0.250 e. The minimum Gasteiger partial charge on any atom is -0.494 e. The Morgan fingerprint density at radius 3 is 2.67 bits per heavy atom. The maximum absolute atomic E-state index is 11.6. The van der Waals surface area contributed by atoms with E-state index >= 15 is 0 Å². The van der Waals surface area contributed by atoms with Crippen molar-refractivity contribution in [1.82, 2.24) is 0 Å². The van der Waals surface area contributed by atoms with E-state index in [2.05, 4.69) is 5.32 Å². The van der Waals surface area contributed by atoms with Gasteiger partial charge < -0.3 is 14.8 Å². The summed E-state index contributed by atoms with van der Waals surface area (Å²) in [6, 6.07) is 5.59. The van der Waals surface area contributed by atoms with Crippen LogP contribution in [0.25, 0.3) is 0 Å². The molecule has 1 rings (SSSR count). The number of hydrogen-bond acceptors (Lipinski definition) is 3. The number of anilines is 1. The van der Waals surface area contributed by atoms with Crippen molar-refractivity contribution in [3.8, 4) is 5.75 Å². The SMILES string of the molecule is CCOc1ccc(NC(=O)COC(C)C)c(C)c1. The average Bonchev–Trinajstić information content (AvgIpc) is 2.30. The van der Waals surface area contributed by atoms with Gasteiger partial charge in [-0.25, -0.2) is 0 Å². The Kier molecular flexibility index (Phi) is 5.65. The summed E-state index contributed by atoms with van der Waals surface area (Å²) in [5.41, 5.74) is 1.76. The number of hydrogen-bond donors (Lipinski definition) is 1. The number of carbonyl (C=O) groups is 1. The van der Waals surface area contributed by atoms with Crippen molar-refractivity contribution in [2.45, 2.75) is 33.8 Å². The van der Waals surface area contributed by atoms with Gasteiger partial charge in [0.15, 0.2) is 0 Å². The van der Waals surface area contributed by atoms with Gasteiger partial charge in [0.2, 0.25) is 5.91 Å². The molecule has 1 amide bonds. The van der Waals surface area contributed by atoms with Crippen LogP contribution in [0.1, 0.15) is 26.3 Å². The van der Waals surface area contributed by atoms with Gasteiger partial charge in [-0.3, -0.25) is 4.79 Å². The first-order valence-electron chi connectivity index (χ1n) is 6.17. The van der Waals surface area contributed by atoms with Gasteiger partial charge in [-0.1, -0.05) is 0 Å². The van der Waals surface area contributed by atoms with E-state index in [1.165, 1.54) is 0 Å². The minimum atomic E-state index is -0.143. The lowest BCUT2D eigenvalue weighted by atomic mass is 10.2. The molecule has 1 aromatic rings. The van der Waals surface area contributed by atoms with Gasteiger partial charge in [0, 0.05) is 5.69 Å². The van der Waals surface area contributed by atoms with E-state index in [-0.39, 0.29) is 18.6 Å². The summed E-state index contributed by atoms with van der Waals surface area (Å²) in [5, 5.41) is 2.82. The Hall–Kier alpha value is -1.55. The standard InChI is InChI=1S/C14H21NO3/c1-5-17-12-6-7-13(11(4)8-12)15-14(16)9-18-10(2)3/h6-8,10H,5,9H2,1-4H3,(H,15,16). The molecule has 0 aliphatic heterocycles. The zero-order chi connectivity index (χ0) is 13.5. The topological polar surface area (TPSA) is 47.6 Å². The van der Waals surface area contributed by atoms with E-state index in [9.17, 15) is 4.79 Å². The molecule has 0 fully saturated rings. The third-order valence-corrected chi connectivity index (χ3v) is 2.33. The fraction of sp³-hybridized carbons (Fsp3) is 0.500. The van der Waals surface area contributed by atoms with Crippen molar-refractivity contribution in [2.75, 3.05) is 18.5 Å². The number of rotatable bonds is 6. The Morgan fingerprint density at radius 2 is 2.11 bits per heavy atom. The third kappa shape index (κ3) is 4.75. The molecular formula is C14H21NO3. The molecule has 0 aromatic heterocycles. The number of carbonyl (C=O) groups excluding carboxylic acids is 1. The number of aryl methyl sites for hydroxylation is 1. The number of nitrogens with one attached hydrogen (secondary N) is 1. The van der Waals surface area contributed by atoms with Gasteiger partial charge in [-0.2, -0.15) is 0 Å². The van der Waals surface area contributed by atoms with E-state index in [4.69, 9.17) is 9.47 Å². The zero-order valence-corrected chi connectivity index (χ0v) is 11.4. The first kappa shape index (κ1) is 14.5. The third-order valence-electron chi connectivity index (χ3n) is 2.33. The van der Waals surface area contributed by atoms with Crippen LogP contribution in [0.2, 0.25) is 0 Å². The second-order valence-electron chi connectivity index (χ2n) is 4.32. The van der Waals surface area contributed by atoms with Crippen LogP contribution in [0.5, 0.6) is 5.75 Å². The lowest BCUT2D eigenvalue weighted by Crippen LogP contribution is -2.21. The predicted octanol–water partition coefficient (Wildman–Crippen LogP) is 2.76. The van der Waals surface area contributed by atoms with Crippen molar-refractivity contribution >= 4 is 11.6 Å².